The van der Waals surface area contributed by atoms with Crippen molar-refractivity contribution >= 4 is 28.5 Å². The second-order valence-electron chi connectivity index (χ2n) is 4.82. The molecule has 0 bridgehead atoms. The van der Waals surface area contributed by atoms with Crippen LogP contribution >= 0.6 is 11.6 Å². The van der Waals surface area contributed by atoms with E-state index in [0.29, 0.717) is 29.0 Å². The summed E-state index contributed by atoms with van der Waals surface area (Å²) in [5, 5.41) is 10.2. The fraction of sp³-hybridized carbons (Fsp3) is 0.286. The molecule has 0 spiro atoms. The zero-order chi connectivity index (χ0) is 14.9. The first-order valence-corrected chi connectivity index (χ1v) is 6.49. The Labute approximate surface area is 121 Å². The Hall–Kier alpha value is -1.85. The molecule has 0 amide bonds. The van der Waals surface area contributed by atoms with E-state index in [9.17, 15) is 14.7 Å². The summed E-state index contributed by atoms with van der Waals surface area (Å²) in [5.74, 6) is -1.12. The van der Waals surface area contributed by atoms with Crippen LogP contribution in [-0.4, -0.2) is 41.2 Å². The molecule has 0 unspecified atom stereocenters. The number of hydrogen-bond donors (Lipinski definition) is 1. The quantitative estimate of drug-likeness (QED) is 0.936. The van der Waals surface area contributed by atoms with Gasteiger partial charge in [0.1, 0.15) is 5.69 Å². The minimum absolute atomic E-state index is 0.0217. The molecule has 0 aliphatic rings. The molecule has 2 aromatic rings. The monoisotopic (exact) mass is 294 g/mol. The van der Waals surface area contributed by atoms with Crippen LogP contribution in [0.4, 0.5) is 0 Å². The maximum absolute atomic E-state index is 12.0. The lowest BCUT2D eigenvalue weighted by Crippen LogP contribution is -2.24. The summed E-state index contributed by atoms with van der Waals surface area (Å²) < 4.78 is 1.62. The van der Waals surface area contributed by atoms with E-state index in [1.54, 1.807) is 22.8 Å². The standard InChI is InChI=1S/C14H15ClN2O3/c1-16(2)5-6-17-11-7-9(15)3-4-10(11)13(18)8-12(17)14(19)20/h3-4,7-8H,5-6H2,1-2H3,(H,19,20). The highest BCUT2D eigenvalue weighted by Gasteiger charge is 2.14. The number of hydrogen-bond acceptors (Lipinski definition) is 3. The van der Waals surface area contributed by atoms with Gasteiger partial charge in [-0.2, -0.15) is 0 Å². The average Bonchev–Trinajstić information content (AvgIpc) is 2.36. The summed E-state index contributed by atoms with van der Waals surface area (Å²) in [6.45, 7) is 1.12. The van der Waals surface area contributed by atoms with Gasteiger partial charge in [-0.05, 0) is 32.3 Å². The van der Waals surface area contributed by atoms with E-state index in [1.807, 2.05) is 19.0 Å². The van der Waals surface area contributed by atoms with E-state index in [2.05, 4.69) is 0 Å². The lowest BCUT2D eigenvalue weighted by atomic mass is 10.1. The third kappa shape index (κ3) is 2.84. The number of carboxylic acids is 1. The van der Waals surface area contributed by atoms with Crippen LogP contribution in [0.5, 0.6) is 0 Å². The van der Waals surface area contributed by atoms with Crippen LogP contribution in [0, 0.1) is 0 Å². The largest absolute Gasteiger partial charge is 0.477 e. The summed E-state index contributed by atoms with van der Waals surface area (Å²) in [7, 11) is 3.80. The lowest BCUT2D eigenvalue weighted by molar-refractivity contribution is 0.0684. The summed E-state index contributed by atoms with van der Waals surface area (Å²) in [6, 6.07) is 6.04. The number of pyridine rings is 1. The van der Waals surface area contributed by atoms with Crippen molar-refractivity contribution < 1.29 is 9.90 Å². The summed E-state index contributed by atoms with van der Waals surface area (Å²) in [6.07, 6.45) is 0. The van der Waals surface area contributed by atoms with Gasteiger partial charge in [-0.15, -0.1) is 0 Å². The van der Waals surface area contributed by atoms with Crippen LogP contribution in [-0.2, 0) is 6.54 Å². The molecule has 20 heavy (non-hydrogen) atoms. The lowest BCUT2D eigenvalue weighted by Gasteiger charge is -2.17. The zero-order valence-electron chi connectivity index (χ0n) is 11.3. The van der Waals surface area contributed by atoms with Gasteiger partial charge < -0.3 is 14.6 Å². The summed E-state index contributed by atoms with van der Waals surface area (Å²) in [5.41, 5.74) is 0.214. The molecule has 0 aliphatic carbocycles. The van der Waals surface area contributed by atoms with Crippen LogP contribution in [0.3, 0.4) is 0 Å². The van der Waals surface area contributed by atoms with Crippen molar-refractivity contribution in [3.63, 3.8) is 0 Å². The van der Waals surface area contributed by atoms with E-state index in [-0.39, 0.29) is 11.1 Å². The average molecular weight is 295 g/mol. The Morgan fingerprint density at radius 3 is 2.65 bits per heavy atom. The first-order chi connectivity index (χ1) is 9.40. The number of aromatic carboxylic acids is 1. The van der Waals surface area contributed by atoms with Gasteiger partial charge in [0, 0.05) is 29.6 Å². The SMILES string of the molecule is CN(C)CCn1c(C(=O)O)cc(=O)c2ccc(Cl)cc21. The first kappa shape index (κ1) is 14.6. The maximum atomic E-state index is 12.0. The molecule has 1 aromatic carbocycles. The predicted molar refractivity (Wildman–Crippen MR) is 78.7 cm³/mol. The molecule has 0 radical (unpaired) electrons. The molecule has 6 heteroatoms. The van der Waals surface area contributed by atoms with Gasteiger partial charge in [-0.3, -0.25) is 4.79 Å². The van der Waals surface area contributed by atoms with Crippen LogP contribution in [0.25, 0.3) is 10.9 Å². The van der Waals surface area contributed by atoms with Crippen molar-refractivity contribution in [2.24, 2.45) is 0 Å². The Morgan fingerprint density at radius 2 is 2.05 bits per heavy atom. The molecule has 106 valence electrons. The Kier molecular flexibility index (Phi) is 4.11. The van der Waals surface area contributed by atoms with E-state index in [0.717, 1.165) is 6.07 Å². The molecule has 0 saturated carbocycles. The molecule has 0 fully saturated rings. The minimum Gasteiger partial charge on any atom is -0.477 e. The number of fused-ring (bicyclic) bond motifs is 1. The molecular formula is C14H15ClN2O3. The van der Waals surface area contributed by atoms with Crippen LogP contribution < -0.4 is 5.43 Å². The third-order valence-corrected chi connectivity index (χ3v) is 3.30. The number of benzene rings is 1. The smallest absolute Gasteiger partial charge is 0.352 e. The number of rotatable bonds is 4. The minimum atomic E-state index is -1.12. The number of nitrogens with zero attached hydrogens (tertiary/aromatic N) is 2. The normalized spacial score (nSPS) is 11.2. The van der Waals surface area contributed by atoms with Crippen molar-refractivity contribution in [1.29, 1.82) is 0 Å². The van der Waals surface area contributed by atoms with Gasteiger partial charge in [0.25, 0.3) is 0 Å². The van der Waals surface area contributed by atoms with Gasteiger partial charge in [0.2, 0.25) is 0 Å². The second-order valence-corrected chi connectivity index (χ2v) is 5.25. The van der Waals surface area contributed by atoms with Crippen LogP contribution in [0.2, 0.25) is 5.02 Å². The Bertz CT molecular complexity index is 722. The van der Waals surface area contributed by atoms with Crippen molar-refractivity contribution in [2.45, 2.75) is 6.54 Å². The van der Waals surface area contributed by atoms with Crippen LogP contribution in [0.1, 0.15) is 10.5 Å². The zero-order valence-corrected chi connectivity index (χ0v) is 12.0. The molecule has 0 saturated heterocycles. The molecular weight excluding hydrogens is 280 g/mol. The predicted octanol–water partition coefficient (Wildman–Crippen LogP) is 1.91. The summed E-state index contributed by atoms with van der Waals surface area (Å²) in [4.78, 5) is 25.3. The van der Waals surface area contributed by atoms with Gasteiger partial charge in [0.05, 0.1) is 5.52 Å². The number of likely N-dealkylation sites (N-methyl/N-ethyl adjacent to an activating group) is 1. The molecule has 0 atom stereocenters. The van der Waals surface area contributed by atoms with Gasteiger partial charge in [-0.1, -0.05) is 11.6 Å². The second kappa shape index (κ2) is 5.64. The topological polar surface area (TPSA) is 62.5 Å². The number of aromatic nitrogens is 1. The van der Waals surface area contributed by atoms with E-state index in [4.69, 9.17) is 11.6 Å². The highest BCUT2D eigenvalue weighted by atomic mass is 35.5. The third-order valence-electron chi connectivity index (χ3n) is 3.06. The van der Waals surface area contributed by atoms with Gasteiger partial charge in [0.15, 0.2) is 5.43 Å². The van der Waals surface area contributed by atoms with Crippen molar-refractivity contribution in [3.8, 4) is 0 Å². The molecule has 2 rings (SSSR count). The highest BCUT2D eigenvalue weighted by molar-refractivity contribution is 6.31. The van der Waals surface area contributed by atoms with Crippen LogP contribution in [0.15, 0.2) is 29.1 Å². The van der Waals surface area contributed by atoms with Crippen molar-refractivity contribution in [1.82, 2.24) is 9.47 Å². The molecule has 1 N–H and O–H groups in total. The van der Waals surface area contributed by atoms with E-state index in [1.165, 1.54) is 0 Å². The molecule has 1 aromatic heterocycles. The maximum Gasteiger partial charge on any atom is 0.352 e. The number of carbonyl (C=O) groups is 1. The van der Waals surface area contributed by atoms with E-state index >= 15 is 0 Å². The molecule has 1 heterocycles. The van der Waals surface area contributed by atoms with Gasteiger partial charge in [-0.25, -0.2) is 4.79 Å². The van der Waals surface area contributed by atoms with E-state index < -0.39 is 5.97 Å². The fourth-order valence-corrected chi connectivity index (χ4v) is 2.23. The van der Waals surface area contributed by atoms with Crippen molar-refractivity contribution in [2.75, 3.05) is 20.6 Å². The van der Waals surface area contributed by atoms with Gasteiger partial charge >= 0.3 is 5.97 Å². The Balaban J connectivity index is 2.73. The highest BCUT2D eigenvalue weighted by Crippen LogP contribution is 2.18. The number of halogens is 1. The fourth-order valence-electron chi connectivity index (χ4n) is 2.06. The summed E-state index contributed by atoms with van der Waals surface area (Å²) >= 11 is 5.96. The first-order valence-electron chi connectivity index (χ1n) is 6.11. The molecule has 0 aliphatic heterocycles. The van der Waals surface area contributed by atoms with Crippen molar-refractivity contribution in [3.05, 3.63) is 45.2 Å². The number of carboxylic acid groups (broad SMARTS) is 1. The Morgan fingerprint density at radius 1 is 1.35 bits per heavy atom. The molecule has 5 nitrogen and oxygen atoms in total.